The highest BCUT2D eigenvalue weighted by Gasteiger charge is 2.14. The minimum Gasteiger partial charge on any atom is -0.481 e. The molecular weight excluding hydrogens is 374 g/mol. The Labute approximate surface area is 164 Å². The van der Waals surface area contributed by atoms with E-state index in [2.05, 4.69) is 12.2 Å². The molecular formula is C18H31NO5S2. The number of carboxylic acids is 1. The normalized spacial score (nSPS) is 11.7. The van der Waals surface area contributed by atoms with Gasteiger partial charge in [-0.1, -0.05) is 54.7 Å². The van der Waals surface area contributed by atoms with Gasteiger partial charge in [-0.25, -0.2) is 0 Å². The van der Waals surface area contributed by atoms with E-state index in [1.54, 1.807) is 28.5 Å². The van der Waals surface area contributed by atoms with Crippen molar-refractivity contribution < 1.29 is 24.2 Å². The fourth-order valence-electron chi connectivity index (χ4n) is 1.92. The second-order valence-electron chi connectivity index (χ2n) is 5.81. The first kappa shape index (κ1) is 24.8. The maximum atomic E-state index is 12.2. The zero-order valence-electron chi connectivity index (χ0n) is 16.0. The molecule has 2 N–H and O–H groups in total. The summed E-state index contributed by atoms with van der Waals surface area (Å²) in [5.41, 5.74) is 0.624. The van der Waals surface area contributed by atoms with Gasteiger partial charge in [0.25, 0.3) is 0 Å². The molecule has 0 aliphatic heterocycles. The van der Waals surface area contributed by atoms with Gasteiger partial charge in [-0.05, 0) is 19.8 Å². The standard InChI is InChI=1S/C18H31NO5S2/c1-4-6-7-8-12-25-26-15(14(3)18(23)19-10-5-2)9-11-24-17(22)13-16(20)21/h4-13H2,1-3H3,(H,19,23)(H,20,21)/b15-14-. The van der Waals surface area contributed by atoms with Crippen LogP contribution in [0, 0.1) is 0 Å². The highest BCUT2D eigenvalue weighted by atomic mass is 33.1. The fourth-order valence-corrected chi connectivity index (χ4v) is 4.51. The van der Waals surface area contributed by atoms with Crippen LogP contribution in [0.5, 0.6) is 0 Å². The molecule has 0 aromatic rings. The molecule has 0 bridgehead atoms. The van der Waals surface area contributed by atoms with Crippen LogP contribution in [0.25, 0.3) is 0 Å². The molecule has 0 saturated heterocycles. The van der Waals surface area contributed by atoms with E-state index in [9.17, 15) is 14.4 Å². The highest BCUT2D eigenvalue weighted by molar-refractivity contribution is 8.78. The van der Waals surface area contributed by atoms with Gasteiger partial charge in [-0.15, -0.1) is 0 Å². The molecule has 0 saturated carbocycles. The molecule has 0 atom stereocenters. The Morgan fingerprint density at radius 1 is 1.08 bits per heavy atom. The van der Waals surface area contributed by atoms with Crippen molar-refractivity contribution >= 4 is 39.4 Å². The first-order valence-electron chi connectivity index (χ1n) is 9.07. The Balaban J connectivity index is 4.59. The Hall–Kier alpha value is -1.15. The average molecular weight is 406 g/mol. The van der Waals surface area contributed by atoms with Gasteiger partial charge >= 0.3 is 11.9 Å². The fraction of sp³-hybridized carbons (Fsp3) is 0.722. The maximum Gasteiger partial charge on any atom is 0.317 e. The third kappa shape index (κ3) is 13.1. The van der Waals surface area contributed by atoms with Gasteiger partial charge in [0.2, 0.25) is 5.91 Å². The summed E-state index contributed by atoms with van der Waals surface area (Å²) in [6.45, 7) is 6.62. The molecule has 0 heterocycles. The predicted molar refractivity (Wildman–Crippen MR) is 108 cm³/mol. The molecule has 0 aliphatic carbocycles. The lowest BCUT2D eigenvalue weighted by atomic mass is 10.2. The van der Waals surface area contributed by atoms with Crippen molar-refractivity contribution in [2.45, 2.75) is 65.7 Å². The van der Waals surface area contributed by atoms with Crippen LogP contribution < -0.4 is 5.32 Å². The molecule has 0 aromatic heterocycles. The van der Waals surface area contributed by atoms with Crippen LogP contribution in [0.3, 0.4) is 0 Å². The van der Waals surface area contributed by atoms with E-state index in [-0.39, 0.29) is 12.5 Å². The van der Waals surface area contributed by atoms with Crippen molar-refractivity contribution in [1.29, 1.82) is 0 Å². The first-order valence-corrected chi connectivity index (χ1v) is 11.4. The smallest absolute Gasteiger partial charge is 0.317 e. The summed E-state index contributed by atoms with van der Waals surface area (Å²) in [4.78, 5) is 34.9. The largest absolute Gasteiger partial charge is 0.481 e. The number of hydrogen-bond acceptors (Lipinski definition) is 6. The second kappa shape index (κ2) is 16.1. The van der Waals surface area contributed by atoms with Crippen LogP contribution in [0.2, 0.25) is 0 Å². The van der Waals surface area contributed by atoms with Crippen molar-refractivity contribution in [3.63, 3.8) is 0 Å². The van der Waals surface area contributed by atoms with Gasteiger partial charge in [-0.3, -0.25) is 14.4 Å². The van der Waals surface area contributed by atoms with Crippen LogP contribution in [0.4, 0.5) is 0 Å². The van der Waals surface area contributed by atoms with Crippen molar-refractivity contribution in [2.24, 2.45) is 0 Å². The third-order valence-electron chi connectivity index (χ3n) is 3.42. The number of carbonyl (C=O) groups excluding carboxylic acids is 2. The number of esters is 1. The minimum absolute atomic E-state index is 0.0727. The number of rotatable bonds is 15. The molecule has 0 rings (SSSR count). The molecule has 150 valence electrons. The van der Waals surface area contributed by atoms with Crippen LogP contribution in [0.1, 0.15) is 65.7 Å². The van der Waals surface area contributed by atoms with Crippen molar-refractivity contribution in [2.75, 3.05) is 18.9 Å². The average Bonchev–Trinajstić information content (AvgIpc) is 2.59. The molecule has 0 spiro atoms. The Bertz CT molecular complexity index is 480. The van der Waals surface area contributed by atoms with Gasteiger partial charge in [0.05, 0.1) is 6.61 Å². The van der Waals surface area contributed by atoms with E-state index in [0.717, 1.165) is 23.5 Å². The van der Waals surface area contributed by atoms with E-state index < -0.39 is 18.4 Å². The monoisotopic (exact) mass is 405 g/mol. The van der Waals surface area contributed by atoms with E-state index in [4.69, 9.17) is 9.84 Å². The van der Waals surface area contributed by atoms with Crippen molar-refractivity contribution in [3.05, 3.63) is 10.5 Å². The summed E-state index contributed by atoms with van der Waals surface area (Å²) in [6, 6.07) is 0. The molecule has 0 radical (unpaired) electrons. The van der Waals surface area contributed by atoms with E-state index in [1.165, 1.54) is 19.3 Å². The lowest BCUT2D eigenvalue weighted by molar-refractivity contribution is -0.151. The number of hydrogen-bond donors (Lipinski definition) is 2. The van der Waals surface area contributed by atoms with E-state index in [1.807, 2.05) is 6.92 Å². The summed E-state index contributed by atoms with van der Waals surface area (Å²) >= 11 is 0. The lowest BCUT2D eigenvalue weighted by Gasteiger charge is -2.12. The van der Waals surface area contributed by atoms with Crippen LogP contribution in [-0.4, -0.2) is 41.9 Å². The molecule has 6 nitrogen and oxygen atoms in total. The number of ether oxygens (including phenoxy) is 1. The molecule has 0 aliphatic rings. The van der Waals surface area contributed by atoms with Crippen molar-refractivity contribution in [3.8, 4) is 0 Å². The number of unbranched alkanes of at least 4 members (excludes halogenated alkanes) is 3. The summed E-state index contributed by atoms with van der Waals surface area (Å²) in [7, 11) is 3.24. The SMILES string of the molecule is CCCCCCSS/C(CCOC(=O)CC(=O)O)=C(/C)C(=O)NCCC. The molecule has 26 heavy (non-hydrogen) atoms. The number of carbonyl (C=O) groups is 3. The molecule has 0 aromatic carbocycles. The van der Waals surface area contributed by atoms with Crippen molar-refractivity contribution in [1.82, 2.24) is 5.32 Å². The minimum atomic E-state index is -1.21. The van der Waals surface area contributed by atoms with Crippen LogP contribution in [0.15, 0.2) is 10.5 Å². The van der Waals surface area contributed by atoms with Crippen LogP contribution >= 0.6 is 21.6 Å². The van der Waals surface area contributed by atoms with E-state index in [0.29, 0.717) is 18.5 Å². The molecule has 0 unspecified atom stereocenters. The first-order chi connectivity index (χ1) is 12.4. The summed E-state index contributed by atoms with van der Waals surface area (Å²) in [5.74, 6) is -1.09. The number of nitrogens with one attached hydrogen (secondary N) is 1. The molecule has 1 amide bonds. The number of amides is 1. The number of carboxylic acid groups (broad SMARTS) is 1. The number of aliphatic carboxylic acids is 1. The van der Waals surface area contributed by atoms with Gasteiger partial charge < -0.3 is 15.2 Å². The molecule has 0 fully saturated rings. The Morgan fingerprint density at radius 3 is 2.42 bits per heavy atom. The Morgan fingerprint density at radius 2 is 1.81 bits per heavy atom. The summed E-state index contributed by atoms with van der Waals surface area (Å²) < 4.78 is 4.95. The predicted octanol–water partition coefficient (Wildman–Crippen LogP) is 4.16. The Kier molecular flexibility index (Phi) is 15.3. The zero-order valence-corrected chi connectivity index (χ0v) is 17.6. The van der Waals surface area contributed by atoms with Gasteiger partial charge in [-0.2, -0.15) is 0 Å². The van der Waals surface area contributed by atoms with E-state index >= 15 is 0 Å². The summed E-state index contributed by atoms with van der Waals surface area (Å²) in [6.07, 6.45) is 5.38. The maximum absolute atomic E-state index is 12.2. The van der Waals surface area contributed by atoms with Gasteiger partial charge in [0.15, 0.2) is 0 Å². The second-order valence-corrected chi connectivity index (χ2v) is 8.32. The highest BCUT2D eigenvalue weighted by Crippen LogP contribution is 2.35. The quantitative estimate of drug-likeness (QED) is 0.139. The third-order valence-corrected chi connectivity index (χ3v) is 6.16. The van der Waals surface area contributed by atoms with Gasteiger partial charge in [0.1, 0.15) is 6.42 Å². The van der Waals surface area contributed by atoms with Gasteiger partial charge in [0, 0.05) is 29.2 Å². The molecule has 8 heteroatoms. The summed E-state index contributed by atoms with van der Waals surface area (Å²) in [5, 5.41) is 11.4. The zero-order chi connectivity index (χ0) is 19.8. The topological polar surface area (TPSA) is 92.7 Å². The lowest BCUT2D eigenvalue weighted by Crippen LogP contribution is -2.25. The van der Waals surface area contributed by atoms with Crippen LogP contribution in [-0.2, 0) is 19.1 Å².